The number of aliphatic hydroxyl groups is 5. The summed E-state index contributed by atoms with van der Waals surface area (Å²) in [5, 5.41) is 50.5. The van der Waals surface area contributed by atoms with Crippen LogP contribution in [0.25, 0.3) is 0 Å². The minimum Gasteiger partial charge on any atom is -0.756 e. The average molecular weight is 946 g/mol. The maximum Gasteiger partial charge on any atom is 0.268 e. The molecular formula is C54H90O11P-. The third-order valence-electron chi connectivity index (χ3n) is 11.7. The molecule has 0 bridgehead atoms. The second-order valence-electron chi connectivity index (χ2n) is 18.9. The van der Waals surface area contributed by atoms with Gasteiger partial charge in [0.1, 0.15) is 42.7 Å². The zero-order chi connectivity index (χ0) is 49.7. The van der Waals surface area contributed by atoms with Gasteiger partial charge in [0.05, 0.1) is 26.4 Å². The lowest BCUT2D eigenvalue weighted by atomic mass is 9.85. The van der Waals surface area contributed by atoms with Gasteiger partial charge in [-0.25, -0.2) is 0 Å². The van der Waals surface area contributed by atoms with Crippen molar-refractivity contribution in [1.82, 2.24) is 0 Å². The molecule has 1 fully saturated rings. The van der Waals surface area contributed by atoms with Gasteiger partial charge in [0.15, 0.2) is 0 Å². The molecule has 66 heavy (non-hydrogen) atoms. The Hall–Kier alpha value is -2.51. The van der Waals surface area contributed by atoms with E-state index in [9.17, 15) is 35.0 Å². The number of hydrogen-bond donors (Lipinski definition) is 5. The highest BCUT2D eigenvalue weighted by Gasteiger charge is 2.50. The van der Waals surface area contributed by atoms with Crippen molar-refractivity contribution >= 4 is 7.82 Å². The molecule has 0 saturated heterocycles. The Labute approximate surface area is 400 Å². The summed E-state index contributed by atoms with van der Waals surface area (Å²) in [6.07, 6.45) is 21.7. The molecule has 0 aliphatic heterocycles. The smallest absolute Gasteiger partial charge is 0.268 e. The Kier molecular flexibility index (Phi) is 32.4. The van der Waals surface area contributed by atoms with Crippen molar-refractivity contribution in [3.63, 3.8) is 0 Å². The fraction of sp³-hybridized carbons (Fsp3) is 0.667. The Bertz CT molecular complexity index is 1710. The lowest BCUT2D eigenvalue weighted by Crippen LogP contribution is -2.64. The Morgan fingerprint density at radius 1 is 0.455 bits per heavy atom. The maximum absolute atomic E-state index is 12.9. The zero-order valence-corrected chi connectivity index (χ0v) is 43.5. The molecule has 0 spiro atoms. The first-order valence-corrected chi connectivity index (χ1v) is 25.7. The summed E-state index contributed by atoms with van der Waals surface area (Å²) in [5.74, 6) is 0. The van der Waals surface area contributed by atoms with Gasteiger partial charge in [0.2, 0.25) is 0 Å². The van der Waals surface area contributed by atoms with Gasteiger partial charge in [-0.2, -0.15) is 0 Å². The Morgan fingerprint density at radius 3 is 1.11 bits per heavy atom. The molecule has 4 unspecified atom stereocenters. The summed E-state index contributed by atoms with van der Waals surface area (Å²) < 4.78 is 34.8. The van der Waals surface area contributed by atoms with Gasteiger partial charge >= 0.3 is 0 Å². The van der Waals surface area contributed by atoms with Crippen molar-refractivity contribution in [2.24, 2.45) is 0 Å². The first kappa shape index (κ1) is 61.5. The molecule has 0 aromatic rings. The van der Waals surface area contributed by atoms with Crippen LogP contribution in [0.4, 0.5) is 0 Å². The molecule has 0 aromatic heterocycles. The highest BCUT2D eigenvalue weighted by Crippen LogP contribution is 2.43. The standard InChI is InChI=1S/C54H91O11P/c1-39(2)19-12-21-41(5)23-14-25-43(7)27-16-28-44(8)29-17-31-46(10)33-35-62-37-48(38-64-66(60,61)65-54-52(58)50(56)49(55)51(57)53(54)59)63-36-34-47(11)32-18-30-45(9)26-15-24-42(6)22-13-20-40(3)4/h19-20,23-24,27,29-30,33-34,48-59H,12-18,21-22,25-26,28,31-32,35-38H2,1-11H3,(H,60,61)/p-1/b41-23+,42-24+,43-27+,44-29+,45-30+,46-33+,47-34+/t48?,49?,50-,51+,52-,53-,54?/m1/s1. The third-order valence-corrected chi connectivity index (χ3v) is 12.7. The highest BCUT2D eigenvalue weighted by molar-refractivity contribution is 7.45. The summed E-state index contributed by atoms with van der Waals surface area (Å²) in [6.45, 7) is 23.5. The van der Waals surface area contributed by atoms with Gasteiger partial charge in [-0.1, -0.05) is 105 Å². The first-order chi connectivity index (χ1) is 31.1. The summed E-state index contributed by atoms with van der Waals surface area (Å²) in [6, 6.07) is 0. The van der Waals surface area contributed by atoms with Crippen molar-refractivity contribution in [1.29, 1.82) is 0 Å². The van der Waals surface area contributed by atoms with Gasteiger partial charge in [0.25, 0.3) is 7.82 Å². The number of allylic oxidation sites excluding steroid dienone is 16. The topological polar surface area (TPSA) is 178 Å². The maximum atomic E-state index is 12.9. The van der Waals surface area contributed by atoms with E-state index in [0.29, 0.717) is 0 Å². The van der Waals surface area contributed by atoms with Gasteiger partial charge in [-0.05, 0) is 166 Å². The molecule has 1 saturated carbocycles. The van der Waals surface area contributed by atoms with Crippen LogP contribution in [0, 0.1) is 0 Å². The number of ether oxygens (including phenoxy) is 2. The molecule has 1 aliphatic rings. The molecule has 12 heteroatoms. The number of hydrogen-bond acceptors (Lipinski definition) is 11. The summed E-state index contributed by atoms with van der Waals surface area (Å²) in [5.41, 5.74) is 12.0. The molecule has 5 N–H and O–H groups in total. The van der Waals surface area contributed by atoms with E-state index in [0.717, 1.165) is 101 Å². The van der Waals surface area contributed by atoms with E-state index in [1.165, 1.54) is 39.0 Å². The van der Waals surface area contributed by atoms with E-state index in [1.54, 1.807) is 0 Å². The van der Waals surface area contributed by atoms with E-state index in [-0.39, 0.29) is 19.8 Å². The largest absolute Gasteiger partial charge is 0.756 e. The monoisotopic (exact) mass is 946 g/mol. The van der Waals surface area contributed by atoms with Gasteiger partial charge < -0.3 is 48.9 Å². The summed E-state index contributed by atoms with van der Waals surface area (Å²) in [7, 11) is -5.22. The minimum atomic E-state index is -5.22. The van der Waals surface area contributed by atoms with Crippen LogP contribution in [0.5, 0.6) is 0 Å². The molecule has 0 heterocycles. The number of phosphoric ester groups is 1. The van der Waals surface area contributed by atoms with Crippen LogP contribution in [0.15, 0.2) is 105 Å². The molecule has 8 atom stereocenters. The fourth-order valence-corrected chi connectivity index (χ4v) is 8.13. The molecule has 0 radical (unpaired) electrons. The quantitative estimate of drug-likeness (QED) is 0.0240. The summed E-state index contributed by atoms with van der Waals surface area (Å²) >= 11 is 0. The molecule has 1 rings (SSSR count). The van der Waals surface area contributed by atoms with Crippen molar-refractivity contribution in [2.75, 3.05) is 26.4 Å². The van der Waals surface area contributed by atoms with Crippen LogP contribution in [0.1, 0.15) is 166 Å². The predicted octanol–water partition coefficient (Wildman–Crippen LogP) is 11.1. The predicted molar refractivity (Wildman–Crippen MR) is 269 cm³/mol. The van der Waals surface area contributed by atoms with E-state index in [1.807, 2.05) is 19.1 Å². The first-order valence-electron chi connectivity index (χ1n) is 24.2. The number of aliphatic hydroxyl groups excluding tert-OH is 5. The van der Waals surface area contributed by atoms with Crippen LogP contribution in [0.3, 0.4) is 0 Å². The van der Waals surface area contributed by atoms with Crippen molar-refractivity contribution < 1.29 is 53.5 Å². The van der Waals surface area contributed by atoms with Crippen LogP contribution in [-0.4, -0.2) is 94.7 Å². The minimum absolute atomic E-state index is 0.00210. The van der Waals surface area contributed by atoms with Gasteiger partial charge in [-0.3, -0.25) is 4.57 Å². The van der Waals surface area contributed by atoms with Gasteiger partial charge in [-0.15, -0.1) is 0 Å². The molecule has 0 amide bonds. The lowest BCUT2D eigenvalue weighted by molar-refractivity contribution is -0.261. The van der Waals surface area contributed by atoms with Crippen LogP contribution < -0.4 is 4.89 Å². The van der Waals surface area contributed by atoms with E-state index < -0.39 is 57.2 Å². The zero-order valence-electron chi connectivity index (χ0n) is 42.6. The van der Waals surface area contributed by atoms with Crippen molar-refractivity contribution in [3.8, 4) is 0 Å². The Morgan fingerprint density at radius 2 is 0.758 bits per heavy atom. The van der Waals surface area contributed by atoms with Crippen molar-refractivity contribution in [3.05, 3.63) is 105 Å². The van der Waals surface area contributed by atoms with E-state index >= 15 is 0 Å². The number of rotatable bonds is 33. The Balaban J connectivity index is 2.75. The molecule has 1 aliphatic carbocycles. The average Bonchev–Trinajstić information content (AvgIpc) is 3.23. The van der Waals surface area contributed by atoms with Crippen LogP contribution in [-0.2, 0) is 23.1 Å². The SMILES string of the molecule is CC(C)=CCC/C(C)=C/CC/C(C)=C/CC/C(C)=C/CC/C(C)=C/COCC(COP(=O)([O-])OC1[C@H](O)[C@H](O)C(O)[C@H](O)[C@H]1O)OC/C=C(\C)CC/C=C(\C)CC/C=C(\C)CCC=C(C)C. The van der Waals surface area contributed by atoms with Gasteiger partial charge in [0, 0.05) is 0 Å². The molecule has 378 valence electrons. The lowest BCUT2D eigenvalue weighted by Gasteiger charge is -2.43. The molecular weight excluding hydrogens is 856 g/mol. The van der Waals surface area contributed by atoms with E-state index in [4.69, 9.17) is 18.5 Å². The fourth-order valence-electron chi connectivity index (χ4n) is 7.17. The van der Waals surface area contributed by atoms with Crippen LogP contribution >= 0.6 is 7.82 Å². The van der Waals surface area contributed by atoms with Crippen molar-refractivity contribution in [2.45, 2.75) is 209 Å². The van der Waals surface area contributed by atoms with E-state index in [2.05, 4.69) is 112 Å². The molecule has 0 aromatic carbocycles. The number of phosphoric acid groups is 1. The normalized spacial score (nSPS) is 23.2. The third kappa shape index (κ3) is 29.4. The molecule has 11 nitrogen and oxygen atoms in total. The summed E-state index contributed by atoms with van der Waals surface area (Å²) in [4.78, 5) is 12.9. The van der Waals surface area contributed by atoms with Crippen LogP contribution in [0.2, 0.25) is 0 Å². The second-order valence-corrected chi connectivity index (χ2v) is 20.3. The highest BCUT2D eigenvalue weighted by atomic mass is 31.2. The second kappa shape index (κ2) is 34.7.